The predicted octanol–water partition coefficient (Wildman–Crippen LogP) is 3.49. The smallest absolute Gasteiger partial charge is 0.303 e. The van der Waals surface area contributed by atoms with Crippen molar-refractivity contribution in [2.75, 3.05) is 0 Å². The zero-order chi connectivity index (χ0) is 12.3. The summed E-state index contributed by atoms with van der Waals surface area (Å²) in [5, 5.41) is 0. The third-order valence-electron chi connectivity index (χ3n) is 3.10. The Bertz CT molecular complexity index is 394. The monoisotopic (exact) mass is 220 g/mol. The van der Waals surface area contributed by atoms with E-state index < -0.39 is 0 Å². The largest absolute Gasteiger partial charge is 0.458 e. The van der Waals surface area contributed by atoms with E-state index in [2.05, 4.69) is 32.9 Å². The zero-order valence-electron chi connectivity index (χ0n) is 10.8. The maximum atomic E-state index is 10.9. The van der Waals surface area contributed by atoms with E-state index in [0.717, 1.165) is 12.0 Å². The van der Waals surface area contributed by atoms with Crippen molar-refractivity contribution in [1.82, 2.24) is 0 Å². The molecule has 0 heterocycles. The van der Waals surface area contributed by atoms with Gasteiger partial charge in [0.05, 0.1) is 0 Å². The van der Waals surface area contributed by atoms with Crippen LogP contribution in [0.4, 0.5) is 0 Å². The highest BCUT2D eigenvalue weighted by molar-refractivity contribution is 5.66. The summed E-state index contributed by atoms with van der Waals surface area (Å²) in [7, 11) is 0. The molecule has 0 amide bonds. The van der Waals surface area contributed by atoms with E-state index in [1.807, 2.05) is 6.92 Å². The number of hydrogen-bond acceptors (Lipinski definition) is 2. The van der Waals surface area contributed by atoms with Crippen LogP contribution in [0.1, 0.15) is 49.1 Å². The minimum absolute atomic E-state index is 0.165. The van der Waals surface area contributed by atoms with E-state index in [9.17, 15) is 4.79 Å². The first-order chi connectivity index (χ1) is 7.47. The number of ether oxygens (including phenoxy) is 1. The normalized spacial score (nSPS) is 12.3. The van der Waals surface area contributed by atoms with Crippen molar-refractivity contribution in [3.8, 4) is 0 Å². The molecule has 2 heteroatoms. The third kappa shape index (κ3) is 2.63. The average Bonchev–Trinajstić information content (AvgIpc) is 2.20. The van der Waals surface area contributed by atoms with E-state index in [4.69, 9.17) is 4.74 Å². The molecular formula is C14H20O2. The average molecular weight is 220 g/mol. The molecule has 0 aliphatic heterocycles. The van der Waals surface area contributed by atoms with Crippen molar-refractivity contribution >= 4 is 5.97 Å². The van der Waals surface area contributed by atoms with Crippen LogP contribution in [0.2, 0.25) is 0 Å². The van der Waals surface area contributed by atoms with Crippen LogP contribution in [0, 0.1) is 13.8 Å². The van der Waals surface area contributed by atoms with Gasteiger partial charge in [-0.25, -0.2) is 0 Å². The second-order valence-electron chi connectivity index (χ2n) is 4.17. The van der Waals surface area contributed by atoms with Crippen molar-refractivity contribution < 1.29 is 9.53 Å². The molecule has 0 spiro atoms. The maximum absolute atomic E-state index is 10.9. The van der Waals surface area contributed by atoms with Gasteiger partial charge in [-0.1, -0.05) is 19.1 Å². The van der Waals surface area contributed by atoms with Crippen LogP contribution in [0.15, 0.2) is 12.1 Å². The summed E-state index contributed by atoms with van der Waals surface area (Å²) in [6.45, 7) is 9.72. The van der Waals surface area contributed by atoms with Crippen molar-refractivity contribution in [2.45, 2.75) is 47.1 Å². The third-order valence-corrected chi connectivity index (χ3v) is 3.10. The number of benzene rings is 1. The molecule has 16 heavy (non-hydrogen) atoms. The van der Waals surface area contributed by atoms with E-state index >= 15 is 0 Å². The molecular weight excluding hydrogens is 200 g/mol. The van der Waals surface area contributed by atoms with Gasteiger partial charge in [0.2, 0.25) is 0 Å². The van der Waals surface area contributed by atoms with Crippen molar-refractivity contribution in [1.29, 1.82) is 0 Å². The van der Waals surface area contributed by atoms with Crippen LogP contribution in [-0.4, -0.2) is 5.97 Å². The molecule has 0 fully saturated rings. The number of esters is 1. The molecule has 0 aliphatic carbocycles. The summed E-state index contributed by atoms with van der Waals surface area (Å²) < 4.78 is 5.21. The van der Waals surface area contributed by atoms with Gasteiger partial charge < -0.3 is 4.74 Å². The first-order valence-corrected chi connectivity index (χ1v) is 5.73. The molecule has 88 valence electrons. The Hall–Kier alpha value is -1.31. The molecule has 1 aromatic rings. The van der Waals surface area contributed by atoms with Crippen LogP contribution >= 0.6 is 0 Å². The Kier molecular flexibility index (Phi) is 4.11. The highest BCUT2D eigenvalue weighted by atomic mass is 16.5. The fourth-order valence-corrected chi connectivity index (χ4v) is 2.03. The molecule has 0 bridgehead atoms. The van der Waals surface area contributed by atoms with Crippen LogP contribution in [-0.2, 0) is 16.0 Å². The standard InChI is InChI=1S/C14H20O2/c1-6-13-7-8-14(10(3)9(13)2)11(4)16-12(5)15/h7-8,11H,6H2,1-5H3. The van der Waals surface area contributed by atoms with Crippen molar-refractivity contribution in [3.63, 3.8) is 0 Å². The summed E-state index contributed by atoms with van der Waals surface area (Å²) in [6, 6.07) is 4.19. The number of aryl methyl sites for hydroxylation is 1. The molecule has 0 aliphatic rings. The molecule has 0 saturated heterocycles. The van der Waals surface area contributed by atoms with Crippen molar-refractivity contribution in [2.24, 2.45) is 0 Å². The van der Waals surface area contributed by atoms with Crippen LogP contribution in [0.25, 0.3) is 0 Å². The second-order valence-corrected chi connectivity index (χ2v) is 4.17. The maximum Gasteiger partial charge on any atom is 0.303 e. The minimum Gasteiger partial charge on any atom is -0.458 e. The topological polar surface area (TPSA) is 26.3 Å². The lowest BCUT2D eigenvalue weighted by Gasteiger charge is -2.18. The number of rotatable bonds is 3. The van der Waals surface area contributed by atoms with Gasteiger partial charge in [-0.2, -0.15) is 0 Å². The van der Waals surface area contributed by atoms with Gasteiger partial charge in [0.15, 0.2) is 0 Å². The lowest BCUT2D eigenvalue weighted by Crippen LogP contribution is -2.07. The Morgan fingerprint density at radius 3 is 2.44 bits per heavy atom. The van der Waals surface area contributed by atoms with Gasteiger partial charge in [0, 0.05) is 6.92 Å². The van der Waals surface area contributed by atoms with E-state index in [-0.39, 0.29) is 12.1 Å². The number of carbonyl (C=O) groups is 1. The van der Waals surface area contributed by atoms with Gasteiger partial charge >= 0.3 is 5.97 Å². The lowest BCUT2D eigenvalue weighted by atomic mass is 9.94. The first kappa shape index (κ1) is 12.8. The van der Waals surface area contributed by atoms with Gasteiger partial charge in [-0.15, -0.1) is 0 Å². The zero-order valence-corrected chi connectivity index (χ0v) is 10.8. The number of carbonyl (C=O) groups excluding carboxylic acids is 1. The minimum atomic E-state index is -0.232. The summed E-state index contributed by atoms with van der Waals surface area (Å²) >= 11 is 0. The van der Waals surface area contributed by atoms with E-state index in [0.29, 0.717) is 0 Å². The summed E-state index contributed by atoms with van der Waals surface area (Å²) in [4.78, 5) is 10.9. The lowest BCUT2D eigenvalue weighted by molar-refractivity contribution is -0.145. The van der Waals surface area contributed by atoms with Gasteiger partial charge in [-0.3, -0.25) is 4.79 Å². The summed E-state index contributed by atoms with van der Waals surface area (Å²) in [6.07, 6.45) is 0.872. The molecule has 1 aromatic carbocycles. The molecule has 0 N–H and O–H groups in total. The fourth-order valence-electron chi connectivity index (χ4n) is 2.03. The molecule has 1 unspecified atom stereocenters. The summed E-state index contributed by atoms with van der Waals surface area (Å²) in [5.74, 6) is -0.232. The van der Waals surface area contributed by atoms with Crippen LogP contribution in [0.5, 0.6) is 0 Å². The van der Waals surface area contributed by atoms with Crippen LogP contribution < -0.4 is 0 Å². The number of hydrogen-bond donors (Lipinski definition) is 0. The first-order valence-electron chi connectivity index (χ1n) is 5.73. The van der Waals surface area contributed by atoms with Crippen LogP contribution in [0.3, 0.4) is 0 Å². The Labute approximate surface area is 97.6 Å². The Balaban J connectivity index is 3.06. The second kappa shape index (κ2) is 5.15. The molecule has 0 saturated carbocycles. The van der Waals surface area contributed by atoms with E-state index in [1.165, 1.54) is 23.6 Å². The molecule has 2 nitrogen and oxygen atoms in total. The fraction of sp³-hybridized carbons (Fsp3) is 0.500. The Morgan fingerprint density at radius 2 is 1.94 bits per heavy atom. The molecule has 0 radical (unpaired) electrons. The van der Waals surface area contributed by atoms with Crippen molar-refractivity contribution in [3.05, 3.63) is 34.4 Å². The van der Waals surface area contributed by atoms with Gasteiger partial charge in [0.25, 0.3) is 0 Å². The highest BCUT2D eigenvalue weighted by Crippen LogP contribution is 2.25. The predicted molar refractivity (Wildman–Crippen MR) is 65.5 cm³/mol. The quantitative estimate of drug-likeness (QED) is 0.729. The highest BCUT2D eigenvalue weighted by Gasteiger charge is 2.13. The molecule has 1 atom stereocenters. The Morgan fingerprint density at radius 1 is 1.31 bits per heavy atom. The summed E-state index contributed by atoms with van der Waals surface area (Å²) in [5.41, 5.74) is 4.99. The van der Waals surface area contributed by atoms with E-state index in [1.54, 1.807) is 0 Å². The molecule has 1 rings (SSSR count). The van der Waals surface area contributed by atoms with Gasteiger partial charge in [-0.05, 0) is 49.4 Å². The SMILES string of the molecule is CCc1ccc(C(C)OC(C)=O)c(C)c1C. The molecule has 0 aromatic heterocycles. The van der Waals surface area contributed by atoms with Gasteiger partial charge in [0.1, 0.15) is 6.10 Å².